The van der Waals surface area contributed by atoms with Crippen LogP contribution in [0.15, 0.2) is 30.5 Å². The lowest BCUT2D eigenvalue weighted by Crippen LogP contribution is -2.47. The molecule has 0 spiro atoms. The number of nitrogens with zero attached hydrogens (tertiary/aromatic N) is 5. The number of halogens is 1. The van der Waals surface area contributed by atoms with Gasteiger partial charge in [0.25, 0.3) is 0 Å². The lowest BCUT2D eigenvalue weighted by atomic mass is 10.2. The van der Waals surface area contributed by atoms with E-state index in [1.807, 2.05) is 6.07 Å². The highest BCUT2D eigenvalue weighted by molar-refractivity contribution is 6.33. The Morgan fingerprint density at radius 1 is 1.17 bits per heavy atom. The van der Waals surface area contributed by atoms with E-state index in [1.54, 1.807) is 31.5 Å². The molecule has 3 rings (SSSR count). The largest absolute Gasteiger partial charge is 0.481 e. The molecule has 23 heavy (non-hydrogen) atoms. The molecule has 1 fully saturated rings. The molecule has 0 amide bonds. The first-order chi connectivity index (χ1) is 11.2. The van der Waals surface area contributed by atoms with Gasteiger partial charge >= 0.3 is 0 Å². The summed E-state index contributed by atoms with van der Waals surface area (Å²) in [7, 11) is 1.59. The van der Waals surface area contributed by atoms with Crippen LogP contribution in [0.25, 0.3) is 0 Å². The molecule has 1 aliphatic heterocycles. The molecule has 0 unspecified atom stereocenters. The van der Waals surface area contributed by atoms with Crippen LogP contribution in [0.2, 0.25) is 5.02 Å². The molecule has 0 N–H and O–H groups in total. The van der Waals surface area contributed by atoms with Gasteiger partial charge in [0, 0.05) is 38.4 Å². The van der Waals surface area contributed by atoms with Gasteiger partial charge in [-0.05, 0) is 18.2 Å². The lowest BCUT2D eigenvalue weighted by molar-refractivity contribution is 0.396. The molecule has 0 saturated carbocycles. The second-order valence-corrected chi connectivity index (χ2v) is 5.56. The van der Waals surface area contributed by atoms with Crippen LogP contribution in [0, 0.1) is 11.3 Å². The van der Waals surface area contributed by atoms with Gasteiger partial charge in [-0.25, -0.2) is 4.98 Å². The van der Waals surface area contributed by atoms with Gasteiger partial charge in [0.15, 0.2) is 0 Å². The summed E-state index contributed by atoms with van der Waals surface area (Å²) in [6.45, 7) is 3.21. The van der Waals surface area contributed by atoms with Gasteiger partial charge in [0.2, 0.25) is 11.8 Å². The van der Waals surface area contributed by atoms with Crippen LogP contribution in [-0.4, -0.2) is 43.3 Å². The molecule has 0 atom stereocenters. The first kappa shape index (κ1) is 15.4. The summed E-state index contributed by atoms with van der Waals surface area (Å²) in [5, 5.41) is 9.52. The van der Waals surface area contributed by atoms with Crippen molar-refractivity contribution in [2.24, 2.45) is 0 Å². The number of benzene rings is 1. The Hall–Kier alpha value is -2.52. The minimum absolute atomic E-state index is 0.563. The first-order valence-electron chi connectivity index (χ1n) is 7.28. The fourth-order valence-electron chi connectivity index (χ4n) is 2.58. The topological polar surface area (TPSA) is 65.3 Å². The number of nitriles is 1. The Morgan fingerprint density at radius 3 is 2.57 bits per heavy atom. The molecule has 1 aromatic heterocycles. The van der Waals surface area contributed by atoms with Crippen molar-refractivity contribution < 1.29 is 4.74 Å². The second kappa shape index (κ2) is 6.71. The third-order valence-corrected chi connectivity index (χ3v) is 4.11. The van der Waals surface area contributed by atoms with E-state index in [0.29, 0.717) is 22.4 Å². The van der Waals surface area contributed by atoms with E-state index in [9.17, 15) is 0 Å². The molecule has 0 radical (unpaired) electrons. The maximum atomic E-state index is 8.91. The van der Waals surface area contributed by atoms with E-state index < -0.39 is 0 Å². The van der Waals surface area contributed by atoms with Crippen molar-refractivity contribution in [2.45, 2.75) is 0 Å². The second-order valence-electron chi connectivity index (χ2n) is 5.15. The smallest absolute Gasteiger partial charge is 0.228 e. The minimum Gasteiger partial charge on any atom is -0.481 e. The SMILES string of the molecule is COc1ccnc(N2CCN(c3ccc(C#N)cc3Cl)CC2)n1. The minimum atomic E-state index is 0.563. The van der Waals surface area contributed by atoms with E-state index in [0.717, 1.165) is 31.9 Å². The van der Waals surface area contributed by atoms with Crippen molar-refractivity contribution in [3.63, 3.8) is 0 Å². The molecule has 1 aromatic carbocycles. The number of anilines is 2. The standard InChI is InChI=1S/C16H16ClN5O/c1-23-15-4-5-19-16(20-15)22-8-6-21(7-9-22)14-3-2-12(11-18)10-13(14)17/h2-5,10H,6-9H2,1H3. The highest BCUT2D eigenvalue weighted by Crippen LogP contribution is 2.28. The molecule has 1 aliphatic rings. The summed E-state index contributed by atoms with van der Waals surface area (Å²) >= 11 is 6.29. The third-order valence-electron chi connectivity index (χ3n) is 3.81. The van der Waals surface area contributed by atoms with Gasteiger partial charge in [-0.1, -0.05) is 11.6 Å². The number of aromatic nitrogens is 2. The maximum Gasteiger partial charge on any atom is 0.228 e. The average molecular weight is 330 g/mol. The molecular weight excluding hydrogens is 314 g/mol. The van der Waals surface area contributed by atoms with Gasteiger partial charge in [0.1, 0.15) is 0 Å². The van der Waals surface area contributed by atoms with Gasteiger partial charge < -0.3 is 14.5 Å². The molecule has 0 aliphatic carbocycles. The van der Waals surface area contributed by atoms with E-state index in [2.05, 4.69) is 25.8 Å². The van der Waals surface area contributed by atoms with Crippen molar-refractivity contribution in [2.75, 3.05) is 43.1 Å². The van der Waals surface area contributed by atoms with Gasteiger partial charge in [-0.15, -0.1) is 0 Å². The zero-order valence-electron chi connectivity index (χ0n) is 12.7. The number of methoxy groups -OCH3 is 1. The Labute approximate surface area is 139 Å². The van der Waals surface area contributed by atoms with Crippen molar-refractivity contribution in [3.05, 3.63) is 41.0 Å². The Kier molecular flexibility index (Phi) is 4.49. The van der Waals surface area contributed by atoms with Crippen LogP contribution in [0.3, 0.4) is 0 Å². The first-order valence-corrected chi connectivity index (χ1v) is 7.65. The van der Waals surface area contributed by atoms with Crippen LogP contribution in [0.4, 0.5) is 11.6 Å². The Morgan fingerprint density at radius 2 is 1.91 bits per heavy atom. The van der Waals surface area contributed by atoms with Crippen molar-refractivity contribution in [1.82, 2.24) is 9.97 Å². The molecule has 7 heteroatoms. The monoisotopic (exact) mass is 329 g/mol. The maximum absolute atomic E-state index is 8.91. The Balaban J connectivity index is 1.70. The van der Waals surface area contributed by atoms with Crippen LogP contribution >= 0.6 is 11.6 Å². The van der Waals surface area contributed by atoms with Crippen LogP contribution in [0.1, 0.15) is 5.56 Å². The van der Waals surface area contributed by atoms with E-state index in [1.165, 1.54) is 0 Å². The number of rotatable bonds is 3. The summed E-state index contributed by atoms with van der Waals surface area (Å²) in [6.07, 6.45) is 1.70. The molecular formula is C16H16ClN5O. The van der Waals surface area contributed by atoms with Crippen LogP contribution in [0.5, 0.6) is 5.88 Å². The number of hydrogen-bond donors (Lipinski definition) is 0. The number of ether oxygens (including phenoxy) is 1. The summed E-state index contributed by atoms with van der Waals surface area (Å²) < 4.78 is 5.14. The van der Waals surface area contributed by atoms with Gasteiger partial charge in [0.05, 0.1) is 29.5 Å². The lowest BCUT2D eigenvalue weighted by Gasteiger charge is -2.36. The number of piperazine rings is 1. The van der Waals surface area contributed by atoms with Crippen molar-refractivity contribution >= 4 is 23.2 Å². The predicted octanol–water partition coefficient (Wildman–Crippen LogP) is 2.34. The molecule has 118 valence electrons. The molecule has 0 bridgehead atoms. The van der Waals surface area contributed by atoms with Crippen molar-refractivity contribution in [1.29, 1.82) is 5.26 Å². The summed E-state index contributed by atoms with van der Waals surface area (Å²) in [4.78, 5) is 13.0. The van der Waals surface area contributed by atoms with Gasteiger partial charge in [-0.2, -0.15) is 10.2 Å². The molecule has 2 heterocycles. The highest BCUT2D eigenvalue weighted by atomic mass is 35.5. The zero-order valence-corrected chi connectivity index (χ0v) is 13.5. The summed E-state index contributed by atoms with van der Waals surface area (Å²) in [5.74, 6) is 1.24. The quantitative estimate of drug-likeness (QED) is 0.861. The van der Waals surface area contributed by atoms with Crippen LogP contribution < -0.4 is 14.5 Å². The zero-order chi connectivity index (χ0) is 16.2. The van der Waals surface area contributed by atoms with E-state index in [4.69, 9.17) is 21.6 Å². The third kappa shape index (κ3) is 3.30. The van der Waals surface area contributed by atoms with E-state index in [-0.39, 0.29) is 0 Å². The molecule has 1 saturated heterocycles. The molecule has 2 aromatic rings. The van der Waals surface area contributed by atoms with Crippen LogP contribution in [-0.2, 0) is 0 Å². The predicted molar refractivity (Wildman–Crippen MR) is 89.2 cm³/mol. The fourth-order valence-corrected chi connectivity index (χ4v) is 2.88. The summed E-state index contributed by atoms with van der Waals surface area (Å²) in [6, 6.07) is 9.22. The molecule has 6 nitrogen and oxygen atoms in total. The normalized spacial score (nSPS) is 14.5. The fraction of sp³-hybridized carbons (Fsp3) is 0.312. The van der Waals surface area contributed by atoms with Gasteiger partial charge in [-0.3, -0.25) is 0 Å². The summed E-state index contributed by atoms with van der Waals surface area (Å²) in [5.41, 5.74) is 1.53. The number of hydrogen-bond acceptors (Lipinski definition) is 6. The highest BCUT2D eigenvalue weighted by Gasteiger charge is 2.21. The van der Waals surface area contributed by atoms with E-state index >= 15 is 0 Å². The Bertz CT molecular complexity index is 737. The average Bonchev–Trinajstić information content (AvgIpc) is 2.62. The van der Waals surface area contributed by atoms with Crippen molar-refractivity contribution in [3.8, 4) is 11.9 Å².